The minimum atomic E-state index is 0.312. The van der Waals surface area contributed by atoms with Gasteiger partial charge in [-0.05, 0) is 34.7 Å². The number of hydrogen-bond acceptors (Lipinski definition) is 0. The Morgan fingerprint density at radius 2 is 1.47 bits per heavy atom. The van der Waals surface area contributed by atoms with Crippen LogP contribution in [-0.4, -0.2) is 0 Å². The third kappa shape index (κ3) is 4.37. The lowest BCUT2D eigenvalue weighted by atomic mass is 9.65. The van der Waals surface area contributed by atoms with Crippen LogP contribution in [0.5, 0.6) is 0 Å². The molecule has 0 N–H and O–H groups in total. The van der Waals surface area contributed by atoms with Gasteiger partial charge >= 0.3 is 0 Å². The highest BCUT2D eigenvalue weighted by molar-refractivity contribution is 5.22. The monoisotopic (exact) mass is 260 g/mol. The fourth-order valence-corrected chi connectivity index (χ4v) is 2.89. The Labute approximate surface area is 120 Å². The second-order valence-electron chi connectivity index (χ2n) is 7.83. The van der Waals surface area contributed by atoms with Gasteiger partial charge in [-0.2, -0.15) is 0 Å². The lowest BCUT2D eigenvalue weighted by molar-refractivity contribution is 0.149. The van der Waals surface area contributed by atoms with E-state index in [1.165, 1.54) is 18.4 Å². The number of benzene rings is 1. The summed E-state index contributed by atoms with van der Waals surface area (Å²) >= 11 is 0. The zero-order valence-corrected chi connectivity index (χ0v) is 14.0. The van der Waals surface area contributed by atoms with Crippen LogP contribution in [0.15, 0.2) is 30.3 Å². The van der Waals surface area contributed by atoms with E-state index in [0.717, 1.165) is 5.92 Å². The third-order valence-electron chi connectivity index (χ3n) is 4.92. The van der Waals surface area contributed by atoms with Crippen molar-refractivity contribution in [3.05, 3.63) is 35.9 Å². The molecule has 0 aliphatic carbocycles. The van der Waals surface area contributed by atoms with Crippen molar-refractivity contribution < 1.29 is 0 Å². The zero-order valence-electron chi connectivity index (χ0n) is 14.0. The Morgan fingerprint density at radius 1 is 0.947 bits per heavy atom. The van der Waals surface area contributed by atoms with E-state index in [2.05, 4.69) is 78.8 Å². The third-order valence-corrected chi connectivity index (χ3v) is 4.92. The van der Waals surface area contributed by atoms with Crippen molar-refractivity contribution in [3.8, 4) is 0 Å². The van der Waals surface area contributed by atoms with Crippen molar-refractivity contribution in [3.63, 3.8) is 0 Å². The molecule has 1 aromatic carbocycles. The van der Waals surface area contributed by atoms with E-state index in [0.29, 0.717) is 16.7 Å². The van der Waals surface area contributed by atoms with Gasteiger partial charge in [-0.3, -0.25) is 0 Å². The SMILES string of the molecule is CCC(C)C(C)(C)CC(c1ccccc1)C(C)(C)C. The Bertz CT molecular complexity index is 367. The van der Waals surface area contributed by atoms with Crippen molar-refractivity contribution in [1.82, 2.24) is 0 Å². The minimum Gasteiger partial charge on any atom is -0.0651 e. The molecule has 0 amide bonds. The fraction of sp³-hybridized carbons (Fsp3) is 0.684. The van der Waals surface area contributed by atoms with Crippen LogP contribution < -0.4 is 0 Å². The lowest BCUT2D eigenvalue weighted by Gasteiger charge is -2.40. The Morgan fingerprint density at radius 3 is 1.89 bits per heavy atom. The van der Waals surface area contributed by atoms with Crippen LogP contribution in [0.1, 0.15) is 72.8 Å². The average Bonchev–Trinajstić information content (AvgIpc) is 2.34. The van der Waals surface area contributed by atoms with Crippen LogP contribution in [0, 0.1) is 16.7 Å². The van der Waals surface area contributed by atoms with Crippen molar-refractivity contribution >= 4 is 0 Å². The highest BCUT2D eigenvalue weighted by Crippen LogP contribution is 2.46. The first kappa shape index (κ1) is 16.3. The topological polar surface area (TPSA) is 0 Å². The van der Waals surface area contributed by atoms with Gasteiger partial charge in [0, 0.05) is 0 Å². The largest absolute Gasteiger partial charge is 0.0651 e. The molecule has 0 aliphatic heterocycles. The molecule has 108 valence electrons. The molecular formula is C19H32. The highest BCUT2D eigenvalue weighted by Gasteiger charge is 2.34. The van der Waals surface area contributed by atoms with Crippen molar-refractivity contribution in [2.45, 2.75) is 67.2 Å². The standard InChI is InChI=1S/C19H32/c1-8-15(2)19(6,7)14-17(18(3,4)5)16-12-10-9-11-13-16/h9-13,15,17H,8,14H2,1-7H3. The number of rotatable bonds is 5. The van der Waals surface area contributed by atoms with E-state index in [4.69, 9.17) is 0 Å². The molecule has 0 heteroatoms. The summed E-state index contributed by atoms with van der Waals surface area (Å²) in [6.45, 7) is 16.7. The Hall–Kier alpha value is -0.780. The molecule has 0 aromatic heterocycles. The Balaban J connectivity index is 3.01. The van der Waals surface area contributed by atoms with Crippen LogP contribution in [0.2, 0.25) is 0 Å². The van der Waals surface area contributed by atoms with Crippen LogP contribution in [0.25, 0.3) is 0 Å². The molecule has 0 nitrogen and oxygen atoms in total. The van der Waals surface area contributed by atoms with Crippen molar-refractivity contribution in [2.75, 3.05) is 0 Å². The van der Waals surface area contributed by atoms with Crippen molar-refractivity contribution in [1.29, 1.82) is 0 Å². The maximum atomic E-state index is 2.43. The summed E-state index contributed by atoms with van der Waals surface area (Å²) in [6, 6.07) is 11.0. The maximum Gasteiger partial charge on any atom is -0.0108 e. The first-order chi connectivity index (χ1) is 8.68. The second-order valence-corrected chi connectivity index (χ2v) is 7.83. The van der Waals surface area contributed by atoms with Gasteiger partial charge in [-0.1, -0.05) is 85.2 Å². The lowest BCUT2D eigenvalue weighted by Crippen LogP contribution is -2.29. The first-order valence-corrected chi connectivity index (χ1v) is 7.73. The minimum absolute atomic E-state index is 0.312. The van der Waals surface area contributed by atoms with E-state index >= 15 is 0 Å². The number of hydrogen-bond donors (Lipinski definition) is 0. The molecule has 2 atom stereocenters. The summed E-state index contributed by atoms with van der Waals surface area (Å²) in [4.78, 5) is 0. The summed E-state index contributed by atoms with van der Waals surface area (Å²) in [5.41, 5.74) is 2.20. The molecule has 1 aromatic rings. The smallest absolute Gasteiger partial charge is 0.0108 e. The highest BCUT2D eigenvalue weighted by atomic mass is 14.4. The molecule has 2 unspecified atom stereocenters. The van der Waals surface area contributed by atoms with E-state index in [9.17, 15) is 0 Å². The summed E-state index contributed by atoms with van der Waals surface area (Å²) in [5, 5.41) is 0. The molecule has 0 bridgehead atoms. The predicted molar refractivity (Wildman–Crippen MR) is 86.5 cm³/mol. The average molecular weight is 260 g/mol. The molecule has 0 saturated carbocycles. The summed E-state index contributed by atoms with van der Waals surface area (Å²) in [6.07, 6.45) is 2.52. The first-order valence-electron chi connectivity index (χ1n) is 7.73. The predicted octanol–water partition coefficient (Wildman–Crippen LogP) is 6.28. The molecule has 0 aliphatic rings. The summed E-state index contributed by atoms with van der Waals surface area (Å²) in [5.74, 6) is 1.39. The molecular weight excluding hydrogens is 228 g/mol. The fourth-order valence-electron chi connectivity index (χ4n) is 2.89. The van der Waals surface area contributed by atoms with Gasteiger partial charge in [0.25, 0.3) is 0 Å². The van der Waals surface area contributed by atoms with Crippen LogP contribution in [-0.2, 0) is 0 Å². The summed E-state index contributed by atoms with van der Waals surface area (Å²) in [7, 11) is 0. The van der Waals surface area contributed by atoms with E-state index in [1.54, 1.807) is 0 Å². The van der Waals surface area contributed by atoms with Crippen LogP contribution in [0.4, 0.5) is 0 Å². The van der Waals surface area contributed by atoms with Gasteiger partial charge in [0.1, 0.15) is 0 Å². The van der Waals surface area contributed by atoms with E-state index in [1.807, 2.05) is 0 Å². The maximum absolute atomic E-state index is 2.43. The molecule has 19 heavy (non-hydrogen) atoms. The molecule has 1 rings (SSSR count). The molecule has 0 heterocycles. The van der Waals surface area contributed by atoms with Crippen LogP contribution >= 0.6 is 0 Å². The van der Waals surface area contributed by atoms with Gasteiger partial charge < -0.3 is 0 Å². The zero-order chi connectivity index (χ0) is 14.7. The van der Waals surface area contributed by atoms with E-state index in [-0.39, 0.29) is 0 Å². The van der Waals surface area contributed by atoms with E-state index < -0.39 is 0 Å². The summed E-state index contributed by atoms with van der Waals surface area (Å²) < 4.78 is 0. The van der Waals surface area contributed by atoms with Gasteiger partial charge in [0.2, 0.25) is 0 Å². The van der Waals surface area contributed by atoms with Crippen molar-refractivity contribution in [2.24, 2.45) is 16.7 Å². The second kappa shape index (κ2) is 6.11. The van der Waals surface area contributed by atoms with Gasteiger partial charge in [0.05, 0.1) is 0 Å². The molecule has 0 spiro atoms. The van der Waals surface area contributed by atoms with Crippen LogP contribution in [0.3, 0.4) is 0 Å². The molecule has 0 fully saturated rings. The molecule has 0 saturated heterocycles. The Kier molecular flexibility index (Phi) is 5.24. The normalized spacial score (nSPS) is 16.2. The quantitative estimate of drug-likeness (QED) is 0.584. The van der Waals surface area contributed by atoms with Gasteiger partial charge in [0.15, 0.2) is 0 Å². The van der Waals surface area contributed by atoms with Gasteiger partial charge in [-0.25, -0.2) is 0 Å². The molecule has 0 radical (unpaired) electrons. The van der Waals surface area contributed by atoms with Gasteiger partial charge in [-0.15, -0.1) is 0 Å².